The van der Waals surface area contributed by atoms with Gasteiger partial charge in [-0.25, -0.2) is 9.59 Å². The minimum atomic E-state index is -0.528. The number of hydrogen-bond acceptors (Lipinski definition) is 6. The summed E-state index contributed by atoms with van der Waals surface area (Å²) in [5.41, 5.74) is 2.42. The van der Waals surface area contributed by atoms with Gasteiger partial charge in [0.15, 0.2) is 5.76 Å². The summed E-state index contributed by atoms with van der Waals surface area (Å²) in [4.78, 5) is 28.0. The molecule has 3 heterocycles. The van der Waals surface area contributed by atoms with Crippen LogP contribution in [0.5, 0.6) is 0 Å². The van der Waals surface area contributed by atoms with Crippen LogP contribution in [0.1, 0.15) is 86.9 Å². The van der Waals surface area contributed by atoms with Gasteiger partial charge < -0.3 is 18.9 Å². The first-order valence-corrected chi connectivity index (χ1v) is 12.0. The Balaban J connectivity index is 1.34. The number of aromatic nitrogens is 1. The summed E-state index contributed by atoms with van der Waals surface area (Å²) in [6.07, 6.45) is 4.58. The second-order valence-electron chi connectivity index (χ2n) is 10.6. The van der Waals surface area contributed by atoms with E-state index < -0.39 is 5.60 Å². The van der Waals surface area contributed by atoms with Crippen LogP contribution in [0.2, 0.25) is 0 Å². The number of ether oxygens (including phenoxy) is 2. The van der Waals surface area contributed by atoms with Gasteiger partial charge in [-0.1, -0.05) is 29.4 Å². The van der Waals surface area contributed by atoms with Crippen LogP contribution in [-0.2, 0) is 9.47 Å². The molecule has 2 aromatic rings. The zero-order chi connectivity index (χ0) is 23.3. The molecule has 5 rings (SSSR count). The van der Waals surface area contributed by atoms with E-state index in [9.17, 15) is 9.59 Å². The Hall–Kier alpha value is -2.83. The van der Waals surface area contributed by atoms with E-state index in [-0.39, 0.29) is 36.2 Å². The maximum absolute atomic E-state index is 13.4. The third-order valence-corrected chi connectivity index (χ3v) is 6.84. The number of amides is 1. The zero-order valence-electron chi connectivity index (χ0n) is 19.8. The minimum absolute atomic E-state index is 0.0395. The zero-order valence-corrected chi connectivity index (χ0v) is 19.8. The molecule has 0 radical (unpaired) electrons. The topological polar surface area (TPSA) is 81.9 Å². The molecule has 0 N–H and O–H groups in total. The van der Waals surface area contributed by atoms with Crippen molar-refractivity contribution < 1.29 is 23.6 Å². The van der Waals surface area contributed by atoms with Crippen LogP contribution in [0.3, 0.4) is 0 Å². The number of aryl methyl sites for hydroxylation is 1. The van der Waals surface area contributed by atoms with E-state index in [4.69, 9.17) is 14.0 Å². The molecule has 3 atom stereocenters. The maximum Gasteiger partial charge on any atom is 0.410 e. The molecule has 33 heavy (non-hydrogen) atoms. The minimum Gasteiger partial charge on any atom is -0.458 e. The maximum atomic E-state index is 13.4. The first-order valence-electron chi connectivity index (χ1n) is 12.0. The molecule has 176 valence electrons. The fourth-order valence-electron chi connectivity index (χ4n) is 5.19. The highest BCUT2D eigenvalue weighted by molar-refractivity contribution is 5.98. The molecule has 1 aliphatic carbocycles. The third kappa shape index (κ3) is 4.37. The van der Waals surface area contributed by atoms with Crippen molar-refractivity contribution in [2.45, 2.75) is 95.9 Å². The van der Waals surface area contributed by atoms with Gasteiger partial charge >= 0.3 is 12.1 Å². The van der Waals surface area contributed by atoms with Crippen LogP contribution < -0.4 is 0 Å². The van der Waals surface area contributed by atoms with E-state index in [2.05, 4.69) is 5.16 Å². The normalized spacial score (nSPS) is 24.6. The summed E-state index contributed by atoms with van der Waals surface area (Å²) < 4.78 is 17.3. The fourth-order valence-corrected chi connectivity index (χ4v) is 5.19. The molecule has 3 fully saturated rings. The van der Waals surface area contributed by atoms with Crippen molar-refractivity contribution in [3.63, 3.8) is 0 Å². The van der Waals surface area contributed by atoms with E-state index in [1.807, 2.05) is 56.9 Å². The molecule has 1 saturated carbocycles. The molecule has 1 aromatic carbocycles. The highest BCUT2D eigenvalue weighted by atomic mass is 16.6. The van der Waals surface area contributed by atoms with Crippen LogP contribution >= 0.6 is 0 Å². The summed E-state index contributed by atoms with van der Waals surface area (Å²) >= 11 is 0. The summed E-state index contributed by atoms with van der Waals surface area (Å²) in [5, 5.41) is 4.29. The smallest absolute Gasteiger partial charge is 0.410 e. The number of benzene rings is 1. The standard InChI is InChI=1S/C26H32N2O5/c1-15-7-5-6-8-20(15)22-21(23(33-27-22)16-9-10-16)24(29)31-19-13-17-11-12-18(14-19)28(17)25(30)32-26(2,3)4/h5-8,16-19H,9-14H2,1-4H3/t17-,18+,19+. The van der Waals surface area contributed by atoms with E-state index in [0.29, 0.717) is 29.9 Å². The van der Waals surface area contributed by atoms with Crippen molar-refractivity contribution in [2.24, 2.45) is 0 Å². The second-order valence-corrected chi connectivity index (χ2v) is 10.6. The van der Waals surface area contributed by atoms with Gasteiger partial charge in [-0.3, -0.25) is 0 Å². The van der Waals surface area contributed by atoms with Gasteiger partial charge in [-0.15, -0.1) is 0 Å². The predicted molar refractivity (Wildman–Crippen MR) is 122 cm³/mol. The van der Waals surface area contributed by atoms with Crippen LogP contribution in [-0.4, -0.2) is 45.9 Å². The highest BCUT2D eigenvalue weighted by Crippen LogP contribution is 2.45. The summed E-state index contributed by atoms with van der Waals surface area (Å²) in [6.45, 7) is 7.64. The highest BCUT2D eigenvalue weighted by Gasteiger charge is 2.46. The van der Waals surface area contributed by atoms with Gasteiger partial charge in [-0.05, 0) is 58.9 Å². The Bertz CT molecular complexity index is 1050. The number of piperidine rings is 1. The Labute approximate surface area is 194 Å². The molecular weight excluding hydrogens is 420 g/mol. The number of esters is 1. The molecule has 0 unspecified atom stereocenters. The molecule has 2 aliphatic heterocycles. The van der Waals surface area contributed by atoms with Crippen molar-refractivity contribution in [1.82, 2.24) is 10.1 Å². The summed E-state index contributed by atoms with van der Waals surface area (Å²) in [5.74, 6) is 0.516. The van der Waals surface area contributed by atoms with Crippen molar-refractivity contribution in [3.05, 3.63) is 41.2 Å². The van der Waals surface area contributed by atoms with Gasteiger partial charge in [0.25, 0.3) is 0 Å². The molecule has 2 bridgehead atoms. The lowest BCUT2D eigenvalue weighted by Crippen LogP contribution is -2.50. The average Bonchev–Trinajstić information content (AvgIpc) is 3.42. The van der Waals surface area contributed by atoms with Gasteiger partial charge in [0.1, 0.15) is 23.0 Å². The second kappa shape index (κ2) is 8.19. The van der Waals surface area contributed by atoms with Crippen molar-refractivity contribution >= 4 is 12.1 Å². The van der Waals surface area contributed by atoms with Gasteiger partial charge in [0.2, 0.25) is 0 Å². The van der Waals surface area contributed by atoms with E-state index in [1.54, 1.807) is 0 Å². The fraction of sp³-hybridized carbons (Fsp3) is 0.577. The van der Waals surface area contributed by atoms with Crippen LogP contribution in [0.4, 0.5) is 4.79 Å². The van der Waals surface area contributed by atoms with E-state index in [1.165, 1.54) is 0 Å². The Morgan fingerprint density at radius 2 is 1.73 bits per heavy atom. The number of rotatable bonds is 4. The van der Waals surface area contributed by atoms with E-state index >= 15 is 0 Å². The molecule has 2 saturated heterocycles. The lowest BCUT2D eigenvalue weighted by Gasteiger charge is -2.39. The predicted octanol–water partition coefficient (Wildman–Crippen LogP) is 5.61. The Morgan fingerprint density at radius 3 is 2.33 bits per heavy atom. The first kappa shape index (κ1) is 22.0. The molecule has 7 heteroatoms. The monoisotopic (exact) mass is 452 g/mol. The lowest BCUT2D eigenvalue weighted by molar-refractivity contribution is -0.0226. The molecule has 1 amide bonds. The molecular formula is C26H32N2O5. The molecule has 7 nitrogen and oxygen atoms in total. The molecule has 1 aromatic heterocycles. The van der Waals surface area contributed by atoms with Crippen molar-refractivity contribution in [1.29, 1.82) is 0 Å². The first-order chi connectivity index (χ1) is 15.7. The number of fused-ring (bicyclic) bond motifs is 2. The van der Waals surface area contributed by atoms with Crippen LogP contribution in [0, 0.1) is 6.92 Å². The van der Waals surface area contributed by atoms with Crippen LogP contribution in [0.25, 0.3) is 11.3 Å². The summed E-state index contributed by atoms with van der Waals surface area (Å²) in [7, 11) is 0. The molecule has 3 aliphatic rings. The number of nitrogens with zero attached hydrogens (tertiary/aromatic N) is 2. The average molecular weight is 453 g/mol. The van der Waals surface area contributed by atoms with Crippen molar-refractivity contribution in [2.75, 3.05) is 0 Å². The van der Waals surface area contributed by atoms with Crippen LogP contribution in [0.15, 0.2) is 28.8 Å². The Morgan fingerprint density at radius 1 is 1.06 bits per heavy atom. The lowest BCUT2D eigenvalue weighted by atomic mass is 9.99. The quantitative estimate of drug-likeness (QED) is 0.561. The van der Waals surface area contributed by atoms with Gasteiger partial charge in [0, 0.05) is 36.4 Å². The molecule has 0 spiro atoms. The Kier molecular flexibility index (Phi) is 5.46. The van der Waals surface area contributed by atoms with E-state index in [0.717, 1.165) is 36.8 Å². The van der Waals surface area contributed by atoms with Gasteiger partial charge in [0.05, 0.1) is 0 Å². The summed E-state index contributed by atoms with van der Waals surface area (Å²) in [6, 6.07) is 7.94. The number of carbonyl (C=O) groups is 2. The SMILES string of the molecule is Cc1ccccc1-c1noc(C2CC2)c1C(=O)O[C@H]1C[C@H]2CC[C@@H](C1)N2C(=O)OC(C)(C)C. The number of carbonyl (C=O) groups excluding carboxylic acids is 2. The van der Waals surface area contributed by atoms with Crippen molar-refractivity contribution in [3.8, 4) is 11.3 Å². The third-order valence-electron chi connectivity index (χ3n) is 6.84. The van der Waals surface area contributed by atoms with Gasteiger partial charge in [-0.2, -0.15) is 0 Å². The largest absolute Gasteiger partial charge is 0.458 e. The number of hydrogen-bond donors (Lipinski definition) is 0.